The van der Waals surface area contributed by atoms with E-state index in [9.17, 15) is 4.79 Å². The van der Waals surface area contributed by atoms with Crippen LogP contribution in [-0.2, 0) is 9.47 Å². The monoisotopic (exact) mass is 148 g/mol. The second-order valence-corrected chi connectivity index (χ2v) is 2.05. The molecule has 1 atom stereocenters. The molecule has 0 aliphatic rings. The maximum absolute atomic E-state index is 10.3. The fraction of sp³-hybridized carbons (Fsp3) is 0.833. The van der Waals surface area contributed by atoms with Crippen molar-refractivity contribution in [2.75, 3.05) is 20.3 Å². The molecule has 4 heteroatoms. The van der Waals surface area contributed by atoms with E-state index < -0.39 is 6.16 Å². The Hall–Kier alpha value is -0.770. The first-order valence-electron chi connectivity index (χ1n) is 3.02. The van der Waals surface area contributed by atoms with Gasteiger partial charge in [0.2, 0.25) is 0 Å². The highest BCUT2D eigenvalue weighted by Gasteiger charge is 2.04. The van der Waals surface area contributed by atoms with Gasteiger partial charge in [-0.1, -0.05) is 6.92 Å². The third-order valence-corrected chi connectivity index (χ3v) is 0.964. The molecule has 0 heterocycles. The van der Waals surface area contributed by atoms with Crippen LogP contribution in [0, 0.1) is 5.92 Å². The first-order chi connectivity index (χ1) is 4.70. The molecular formula is C6H12O4. The van der Waals surface area contributed by atoms with Crippen molar-refractivity contribution < 1.29 is 19.4 Å². The Morgan fingerprint density at radius 2 is 2.30 bits per heavy atom. The first kappa shape index (κ1) is 9.23. The van der Waals surface area contributed by atoms with E-state index in [1.54, 1.807) is 6.92 Å². The Morgan fingerprint density at radius 3 is 2.70 bits per heavy atom. The minimum atomic E-state index is -0.708. The van der Waals surface area contributed by atoms with Crippen molar-refractivity contribution in [1.29, 1.82) is 0 Å². The van der Waals surface area contributed by atoms with Gasteiger partial charge in [0.25, 0.3) is 0 Å². The highest BCUT2D eigenvalue weighted by atomic mass is 16.7. The number of hydrogen-bond donors (Lipinski definition) is 1. The Bertz CT molecular complexity index is 102. The van der Waals surface area contributed by atoms with Crippen LogP contribution >= 0.6 is 0 Å². The molecule has 0 rings (SSSR count). The molecule has 1 N–H and O–H groups in total. The van der Waals surface area contributed by atoms with Crippen molar-refractivity contribution >= 4 is 6.16 Å². The number of aliphatic hydroxyl groups is 1. The summed E-state index contributed by atoms with van der Waals surface area (Å²) in [5, 5.41) is 8.49. The molecule has 0 saturated heterocycles. The molecule has 0 aromatic carbocycles. The van der Waals surface area contributed by atoms with Crippen molar-refractivity contribution in [3.8, 4) is 0 Å². The SMILES string of the molecule is COC(=O)OCC(C)CO. The fourth-order valence-electron chi connectivity index (χ4n) is 0.322. The van der Waals surface area contributed by atoms with Gasteiger partial charge in [-0.05, 0) is 0 Å². The van der Waals surface area contributed by atoms with Crippen LogP contribution in [0.3, 0.4) is 0 Å². The van der Waals surface area contributed by atoms with E-state index in [-0.39, 0.29) is 19.1 Å². The Kier molecular flexibility index (Phi) is 4.66. The standard InChI is InChI=1S/C6H12O4/c1-5(3-7)4-10-6(8)9-2/h5,7H,3-4H2,1-2H3. The van der Waals surface area contributed by atoms with Gasteiger partial charge in [0.1, 0.15) is 0 Å². The lowest BCUT2D eigenvalue weighted by Gasteiger charge is -2.06. The minimum Gasteiger partial charge on any atom is -0.438 e. The van der Waals surface area contributed by atoms with Crippen LogP contribution in [0.15, 0.2) is 0 Å². The van der Waals surface area contributed by atoms with Gasteiger partial charge in [0.05, 0.1) is 13.7 Å². The lowest BCUT2D eigenvalue weighted by molar-refractivity contribution is 0.0532. The Labute approximate surface area is 59.7 Å². The molecule has 0 aromatic rings. The molecule has 0 fully saturated rings. The van der Waals surface area contributed by atoms with Gasteiger partial charge in [-0.2, -0.15) is 0 Å². The van der Waals surface area contributed by atoms with Gasteiger partial charge in [-0.3, -0.25) is 0 Å². The smallest absolute Gasteiger partial charge is 0.438 e. The normalized spacial score (nSPS) is 12.3. The average Bonchev–Trinajstić information content (AvgIpc) is 1.99. The number of hydrogen-bond acceptors (Lipinski definition) is 4. The summed E-state index contributed by atoms with van der Waals surface area (Å²) in [5.41, 5.74) is 0. The summed E-state index contributed by atoms with van der Waals surface area (Å²) in [6.07, 6.45) is -0.708. The fourth-order valence-corrected chi connectivity index (χ4v) is 0.322. The maximum atomic E-state index is 10.3. The van der Waals surface area contributed by atoms with Crippen molar-refractivity contribution in [3.63, 3.8) is 0 Å². The summed E-state index contributed by atoms with van der Waals surface area (Å²) in [6, 6.07) is 0. The van der Waals surface area contributed by atoms with Crippen LogP contribution in [-0.4, -0.2) is 31.6 Å². The number of aliphatic hydroxyl groups excluding tert-OH is 1. The summed E-state index contributed by atoms with van der Waals surface area (Å²) in [5.74, 6) is -0.0286. The predicted molar refractivity (Wildman–Crippen MR) is 34.6 cm³/mol. The van der Waals surface area contributed by atoms with Crippen molar-refractivity contribution in [1.82, 2.24) is 0 Å². The molecule has 0 saturated carbocycles. The van der Waals surface area contributed by atoms with Crippen molar-refractivity contribution in [2.45, 2.75) is 6.92 Å². The third kappa shape index (κ3) is 4.14. The lowest BCUT2D eigenvalue weighted by atomic mass is 10.2. The summed E-state index contributed by atoms with van der Waals surface area (Å²) < 4.78 is 8.72. The van der Waals surface area contributed by atoms with Gasteiger partial charge in [-0.15, -0.1) is 0 Å². The number of rotatable bonds is 3. The molecule has 1 unspecified atom stereocenters. The van der Waals surface area contributed by atoms with Crippen LogP contribution in [0.4, 0.5) is 4.79 Å². The minimum absolute atomic E-state index is 0.0109. The highest BCUT2D eigenvalue weighted by molar-refractivity contribution is 5.59. The van der Waals surface area contributed by atoms with Gasteiger partial charge in [0.15, 0.2) is 0 Å². The third-order valence-electron chi connectivity index (χ3n) is 0.964. The molecule has 0 aliphatic carbocycles. The lowest BCUT2D eigenvalue weighted by Crippen LogP contribution is -2.14. The van der Waals surface area contributed by atoms with Gasteiger partial charge in [-0.25, -0.2) is 4.79 Å². The van der Waals surface area contributed by atoms with Gasteiger partial charge < -0.3 is 14.6 Å². The van der Waals surface area contributed by atoms with E-state index in [4.69, 9.17) is 5.11 Å². The summed E-state index contributed by atoms with van der Waals surface area (Å²) in [7, 11) is 1.24. The van der Waals surface area contributed by atoms with E-state index in [1.807, 2.05) is 0 Å². The Balaban J connectivity index is 3.26. The van der Waals surface area contributed by atoms with Crippen LogP contribution in [0.5, 0.6) is 0 Å². The molecule has 10 heavy (non-hydrogen) atoms. The first-order valence-corrected chi connectivity index (χ1v) is 3.02. The molecule has 0 radical (unpaired) electrons. The van der Waals surface area contributed by atoms with Crippen molar-refractivity contribution in [3.05, 3.63) is 0 Å². The average molecular weight is 148 g/mol. The van der Waals surface area contributed by atoms with E-state index in [0.29, 0.717) is 0 Å². The second-order valence-electron chi connectivity index (χ2n) is 2.05. The molecule has 0 spiro atoms. The maximum Gasteiger partial charge on any atom is 0.507 e. The molecule has 0 aromatic heterocycles. The van der Waals surface area contributed by atoms with Crippen LogP contribution in [0.25, 0.3) is 0 Å². The van der Waals surface area contributed by atoms with Crippen molar-refractivity contribution in [2.24, 2.45) is 5.92 Å². The van der Waals surface area contributed by atoms with Crippen LogP contribution in [0.2, 0.25) is 0 Å². The largest absolute Gasteiger partial charge is 0.507 e. The van der Waals surface area contributed by atoms with Gasteiger partial charge in [0, 0.05) is 12.5 Å². The number of carbonyl (C=O) groups is 1. The number of carbonyl (C=O) groups excluding carboxylic acids is 1. The summed E-state index contributed by atoms with van der Waals surface area (Å²) in [4.78, 5) is 10.3. The molecule has 0 amide bonds. The van der Waals surface area contributed by atoms with E-state index in [1.165, 1.54) is 7.11 Å². The summed E-state index contributed by atoms with van der Waals surface area (Å²) >= 11 is 0. The zero-order valence-electron chi connectivity index (χ0n) is 6.16. The second kappa shape index (κ2) is 5.05. The van der Waals surface area contributed by atoms with Gasteiger partial charge >= 0.3 is 6.16 Å². The Morgan fingerprint density at radius 1 is 1.70 bits per heavy atom. The molecule has 4 nitrogen and oxygen atoms in total. The van der Waals surface area contributed by atoms with E-state index in [0.717, 1.165) is 0 Å². The quantitative estimate of drug-likeness (QED) is 0.588. The van der Waals surface area contributed by atoms with Crippen LogP contribution < -0.4 is 0 Å². The highest BCUT2D eigenvalue weighted by Crippen LogP contribution is 1.94. The zero-order chi connectivity index (χ0) is 7.98. The molecule has 0 bridgehead atoms. The van der Waals surface area contributed by atoms with Crippen LogP contribution in [0.1, 0.15) is 6.92 Å². The number of methoxy groups -OCH3 is 1. The van der Waals surface area contributed by atoms with E-state index in [2.05, 4.69) is 9.47 Å². The molecular weight excluding hydrogens is 136 g/mol. The van der Waals surface area contributed by atoms with E-state index >= 15 is 0 Å². The predicted octanol–water partition coefficient (Wildman–Crippen LogP) is 0.398. The topological polar surface area (TPSA) is 55.8 Å². The number of ether oxygens (including phenoxy) is 2. The molecule has 60 valence electrons. The zero-order valence-corrected chi connectivity index (χ0v) is 6.16. The molecule has 0 aliphatic heterocycles. The summed E-state index contributed by atoms with van der Waals surface area (Å²) in [6.45, 7) is 1.98.